The minimum atomic E-state index is -1.15. The minimum absolute atomic E-state index is 0.512. The van der Waals surface area contributed by atoms with Crippen LogP contribution in [0.1, 0.15) is 71.2 Å². The van der Waals surface area contributed by atoms with Gasteiger partial charge in [0.25, 0.3) is 0 Å². The molecule has 60 heavy (non-hydrogen) atoms. The zero-order valence-electron chi connectivity index (χ0n) is 39.7. The number of hydrogen-bond acceptors (Lipinski definition) is 6. The highest BCUT2D eigenvalue weighted by Crippen LogP contribution is 2.33. The summed E-state index contributed by atoms with van der Waals surface area (Å²) in [7, 11) is -3.44. The monoisotopic (exact) mass is 880 g/mol. The molecule has 0 amide bonds. The molecule has 0 unspecified atom stereocenters. The van der Waals surface area contributed by atoms with Crippen molar-refractivity contribution >= 4 is 24.2 Å². The van der Waals surface area contributed by atoms with Crippen LogP contribution in [0.2, 0.25) is 77.1 Å². The maximum atomic E-state index is 6.65. The molecule has 0 atom stereocenters. The fourth-order valence-corrected chi connectivity index (χ4v) is 9.68. The van der Waals surface area contributed by atoms with Gasteiger partial charge in [-0.1, -0.05) is 79.7 Å². The van der Waals surface area contributed by atoms with Gasteiger partial charge in [-0.25, -0.2) is 0 Å². The Morgan fingerprint density at radius 3 is 0.867 bits per heavy atom. The lowest BCUT2D eigenvalue weighted by Gasteiger charge is -2.26. The summed E-state index contributed by atoms with van der Waals surface area (Å²) in [6.45, 7) is 35.4. The van der Waals surface area contributed by atoms with Crippen molar-refractivity contribution in [3.05, 3.63) is 105 Å². The predicted octanol–water partition coefficient (Wildman–Crippen LogP) is 11.9. The molecule has 0 saturated heterocycles. The Bertz CT molecular complexity index is 1620. The van der Waals surface area contributed by atoms with Gasteiger partial charge in [0.05, 0.1) is 39.6 Å². The number of benzene rings is 1. The van der Waals surface area contributed by atoms with Crippen LogP contribution in [0.3, 0.4) is 0 Å². The van der Waals surface area contributed by atoms with Crippen LogP contribution in [0, 0.1) is 0 Å². The second-order valence-corrected chi connectivity index (χ2v) is 36.7. The largest absolute Gasteiger partial charge is 0.371 e. The predicted molar refractivity (Wildman–Crippen MR) is 256 cm³/mol. The molecule has 3 aromatic heterocycles. The van der Waals surface area contributed by atoms with Crippen LogP contribution in [0.4, 0.5) is 0 Å². The molecule has 0 fully saturated rings. The third-order valence-corrected chi connectivity index (χ3v) is 16.3. The fraction of sp³-hybridized carbons (Fsp3) is 0.625. The van der Waals surface area contributed by atoms with E-state index in [4.69, 9.17) is 28.4 Å². The summed E-state index contributed by atoms with van der Waals surface area (Å²) < 4.78 is 44.8. The van der Waals surface area contributed by atoms with Crippen molar-refractivity contribution in [2.75, 3.05) is 19.8 Å². The second-order valence-electron chi connectivity index (χ2n) is 19.9. The van der Waals surface area contributed by atoms with Crippen molar-refractivity contribution in [2.24, 2.45) is 0 Å². The Morgan fingerprint density at radius 2 is 0.633 bits per heavy atom. The molecule has 3 heterocycles. The van der Waals surface area contributed by atoms with Crippen molar-refractivity contribution in [1.82, 2.24) is 13.7 Å². The van der Waals surface area contributed by atoms with Gasteiger partial charge >= 0.3 is 0 Å². The zero-order valence-corrected chi connectivity index (χ0v) is 42.7. The summed E-state index contributed by atoms with van der Waals surface area (Å²) in [6, 6.07) is 16.2. The van der Waals surface area contributed by atoms with Gasteiger partial charge in [-0.05, 0) is 107 Å². The fourth-order valence-electron chi connectivity index (χ4n) is 7.41. The maximum absolute atomic E-state index is 6.65. The van der Waals surface area contributed by atoms with E-state index in [1.54, 1.807) is 0 Å². The normalized spacial score (nSPS) is 12.6. The van der Waals surface area contributed by atoms with E-state index in [0.717, 1.165) is 74.3 Å². The topological polar surface area (TPSA) is 70.2 Å². The Hall–Kier alpha value is -2.53. The van der Waals surface area contributed by atoms with Crippen molar-refractivity contribution in [3.63, 3.8) is 0 Å². The summed E-state index contributed by atoms with van der Waals surface area (Å²) in [5.74, 6) is 0. The average Bonchev–Trinajstić information content (AvgIpc) is 3.94. The second kappa shape index (κ2) is 24.4. The zero-order chi connectivity index (χ0) is 43.8. The molecule has 0 aliphatic carbocycles. The van der Waals surface area contributed by atoms with Gasteiger partial charge in [0.2, 0.25) is 0 Å². The van der Waals surface area contributed by atoms with Crippen molar-refractivity contribution < 1.29 is 28.4 Å². The first-order chi connectivity index (χ1) is 28.5. The van der Waals surface area contributed by atoms with Gasteiger partial charge in [0.1, 0.15) is 20.2 Å². The molecular weight excluding hydrogens is 799 g/mol. The van der Waals surface area contributed by atoms with Gasteiger partial charge in [-0.3, -0.25) is 0 Å². The van der Waals surface area contributed by atoms with Crippen LogP contribution in [0.5, 0.6) is 0 Å². The molecule has 0 radical (unpaired) electrons. The number of rotatable bonds is 30. The van der Waals surface area contributed by atoms with Gasteiger partial charge < -0.3 is 42.1 Å². The van der Waals surface area contributed by atoms with E-state index in [9.17, 15) is 0 Å². The highest BCUT2D eigenvalue weighted by molar-refractivity contribution is 6.76. The Kier molecular flexibility index (Phi) is 20.3. The van der Waals surface area contributed by atoms with Crippen LogP contribution in [0.25, 0.3) is 0 Å². The highest BCUT2D eigenvalue weighted by atomic mass is 28.3. The van der Waals surface area contributed by atoms with Gasteiger partial charge in [0.15, 0.2) is 0 Å². The summed E-state index contributed by atoms with van der Waals surface area (Å²) in [5.41, 5.74) is 11.2. The first-order valence-electron chi connectivity index (χ1n) is 22.6. The molecule has 0 N–H and O–H groups in total. The van der Waals surface area contributed by atoms with Crippen molar-refractivity contribution in [3.8, 4) is 0 Å². The molecule has 336 valence electrons. The standard InChI is InChI=1S/C48H81N3O6Si3/c1-13-43-46(34-55-31-40-19-16-22-49(40)37-52-25-28-58(4,5)6)44(14-2)48(36-57-33-42-21-18-24-51(42)39-54-27-30-60(10,11)12)45(15-3)47(43)35-56-32-41-20-17-23-50(41)38-53-26-29-59(7,8)9/h16-24H,13-15,25-39H2,1-12H3. The summed E-state index contributed by atoms with van der Waals surface area (Å²) in [5, 5.41) is 0. The van der Waals surface area contributed by atoms with E-state index in [0.29, 0.717) is 59.8 Å². The quantitative estimate of drug-likeness (QED) is 0.0384. The smallest absolute Gasteiger partial charge is 0.122 e. The molecule has 1 aromatic carbocycles. The lowest BCUT2D eigenvalue weighted by Crippen LogP contribution is -2.22. The van der Waals surface area contributed by atoms with E-state index >= 15 is 0 Å². The number of aromatic nitrogens is 3. The number of nitrogens with zero attached hydrogens (tertiary/aromatic N) is 3. The maximum Gasteiger partial charge on any atom is 0.122 e. The molecule has 0 saturated carbocycles. The van der Waals surface area contributed by atoms with Crippen LogP contribution in [0.15, 0.2) is 55.0 Å². The molecule has 0 spiro atoms. The van der Waals surface area contributed by atoms with Gasteiger partial charge in [0, 0.05) is 79.7 Å². The Morgan fingerprint density at radius 1 is 0.367 bits per heavy atom. The molecular formula is C48H81N3O6Si3. The molecule has 0 bridgehead atoms. The SMILES string of the molecule is CCc1c(COCc2cccn2COCC[Si](C)(C)C)c(CC)c(COCc2cccn2COCC[Si](C)(C)C)c(CC)c1COCc1cccn1COCC[Si](C)(C)C. The molecule has 0 aliphatic heterocycles. The lowest BCUT2D eigenvalue weighted by atomic mass is 9.84. The minimum Gasteiger partial charge on any atom is -0.371 e. The molecule has 4 rings (SSSR count). The molecule has 4 aromatic rings. The highest BCUT2D eigenvalue weighted by Gasteiger charge is 2.23. The van der Waals surface area contributed by atoms with Crippen molar-refractivity contribution in [1.29, 1.82) is 0 Å². The molecule has 0 aliphatic rings. The summed E-state index contributed by atoms with van der Waals surface area (Å²) in [6.07, 6.45) is 8.96. The average molecular weight is 880 g/mol. The van der Waals surface area contributed by atoms with Crippen LogP contribution < -0.4 is 0 Å². The van der Waals surface area contributed by atoms with E-state index in [-0.39, 0.29) is 0 Å². The van der Waals surface area contributed by atoms with Crippen LogP contribution in [-0.2, 0) is 108 Å². The third kappa shape index (κ3) is 16.6. The van der Waals surface area contributed by atoms with E-state index in [2.05, 4.69) is 148 Å². The van der Waals surface area contributed by atoms with Crippen LogP contribution >= 0.6 is 0 Å². The summed E-state index contributed by atoms with van der Waals surface area (Å²) >= 11 is 0. The Balaban J connectivity index is 1.55. The van der Waals surface area contributed by atoms with E-state index in [1.807, 2.05) is 0 Å². The van der Waals surface area contributed by atoms with Gasteiger partial charge in [-0.2, -0.15) is 0 Å². The third-order valence-electron chi connectivity index (χ3n) is 11.2. The summed E-state index contributed by atoms with van der Waals surface area (Å²) in [4.78, 5) is 0. The van der Waals surface area contributed by atoms with E-state index < -0.39 is 24.2 Å². The lowest BCUT2D eigenvalue weighted by molar-refractivity contribution is 0.0659. The van der Waals surface area contributed by atoms with Crippen LogP contribution in [-0.4, -0.2) is 57.7 Å². The number of hydrogen-bond donors (Lipinski definition) is 0. The Labute approximate surface area is 367 Å². The van der Waals surface area contributed by atoms with Gasteiger partial charge in [-0.15, -0.1) is 0 Å². The first-order valence-corrected chi connectivity index (χ1v) is 33.7. The number of ether oxygens (including phenoxy) is 6. The molecule has 9 nitrogen and oxygen atoms in total. The molecule has 12 heteroatoms. The van der Waals surface area contributed by atoms with E-state index in [1.165, 1.54) is 33.4 Å². The first kappa shape index (κ1) is 50.1. The van der Waals surface area contributed by atoms with Crippen molar-refractivity contribution in [2.45, 2.75) is 177 Å².